The van der Waals surface area contributed by atoms with Gasteiger partial charge in [-0.05, 0) is 471 Å². The molecule has 0 radical (unpaired) electrons. The number of hydrogen-bond donors (Lipinski definition) is 2. The molecule has 0 amide bonds. The van der Waals surface area contributed by atoms with Gasteiger partial charge in [0.05, 0.1) is 12.2 Å². The van der Waals surface area contributed by atoms with E-state index in [-0.39, 0.29) is 23.0 Å². The van der Waals surface area contributed by atoms with Gasteiger partial charge in [0.2, 0.25) is 0 Å². The molecular weight excluding hydrogens is 1630 g/mol. The fraction of sp³-hybridized carbons (Fsp3) is 0.946. The quantitative estimate of drug-likeness (QED) is 0.0832. The van der Waals surface area contributed by atoms with Crippen LogP contribution in [0.15, 0.2) is 23.3 Å². The smallest absolute Gasteiger partial charge is 0.155 e. The Balaban J connectivity index is 0.000000127. The molecule has 0 heterocycles. The molecule has 2 N–H and O–H groups in total. The number of rotatable bonds is 22. The normalized spacial score (nSPS) is 46.6. The number of fused-ring (bicyclic) bond motifs is 25. The van der Waals surface area contributed by atoms with Crippen molar-refractivity contribution >= 4 is 17.3 Å². The second-order valence-corrected chi connectivity index (χ2v) is 57.4. The number of aliphatic hydroxyl groups is 2. The van der Waals surface area contributed by atoms with Crippen LogP contribution in [0, 0.1) is 220 Å². The van der Waals surface area contributed by atoms with Gasteiger partial charge in [0.1, 0.15) is 11.6 Å². The first kappa shape index (κ1) is 107. The van der Waals surface area contributed by atoms with E-state index in [0.29, 0.717) is 79.9 Å². The topological polar surface area (TPSA) is 91.7 Å². The highest BCUT2D eigenvalue weighted by Gasteiger charge is 2.66. The van der Waals surface area contributed by atoms with Crippen LogP contribution in [-0.4, -0.2) is 39.8 Å². The zero-order chi connectivity index (χ0) is 95.8. The van der Waals surface area contributed by atoms with Crippen molar-refractivity contribution in [3.05, 3.63) is 23.3 Å². The van der Waals surface area contributed by atoms with Gasteiger partial charge in [-0.15, -0.1) is 0 Å². The Bertz CT molecular complexity index is 3830. The molecule has 0 aromatic carbocycles. The number of allylic oxidation sites excluding steroid dienone is 1. The highest BCUT2D eigenvalue weighted by Crippen LogP contribution is 2.74. The second-order valence-electron chi connectivity index (χ2n) is 57.4. The summed E-state index contributed by atoms with van der Waals surface area (Å²) in [5.41, 5.74) is 7.68. The lowest BCUT2D eigenvalue weighted by Gasteiger charge is -2.61. The fourth-order valence-electron chi connectivity index (χ4n) is 41.7. The van der Waals surface area contributed by atoms with Crippen LogP contribution in [0.25, 0.3) is 0 Å². The molecule has 0 aromatic rings. The van der Waals surface area contributed by atoms with Gasteiger partial charge >= 0.3 is 0 Å². The molecule has 0 bridgehead atoms. The first-order valence-corrected chi connectivity index (χ1v) is 61.2. The van der Waals surface area contributed by atoms with Crippen LogP contribution in [-0.2, 0) is 14.4 Å². The predicted molar refractivity (Wildman–Crippen MR) is 567 cm³/mol. The van der Waals surface area contributed by atoms with Gasteiger partial charge in [-0.2, -0.15) is 0 Å². The summed E-state index contributed by atoms with van der Waals surface area (Å²) in [6.45, 7) is 51.7. The minimum atomic E-state index is -0.298. The number of unbranched alkanes of at least 4 members (excludes halogenated alkanes) is 4. The summed E-state index contributed by atoms with van der Waals surface area (Å²) in [6, 6.07) is 0. The molecule has 5 nitrogen and oxygen atoms in total. The Morgan fingerprint density at radius 2 is 0.873 bits per heavy atom. The number of carbonyl (C=O) groups is 3. The lowest BCUT2D eigenvalue weighted by molar-refractivity contribution is -0.139. The summed E-state index contributed by atoms with van der Waals surface area (Å²) >= 11 is 0. The van der Waals surface area contributed by atoms with E-state index in [4.69, 9.17) is 0 Å². The molecule has 18 saturated carbocycles. The van der Waals surface area contributed by atoms with Crippen molar-refractivity contribution in [1.82, 2.24) is 0 Å². The largest absolute Gasteiger partial charge is 0.393 e. The third kappa shape index (κ3) is 21.5. The van der Waals surface area contributed by atoms with E-state index in [0.717, 1.165) is 205 Å². The summed E-state index contributed by atoms with van der Waals surface area (Å²) in [5, 5.41) is 21.6. The van der Waals surface area contributed by atoms with Crippen LogP contribution < -0.4 is 0 Å². The Morgan fingerprint density at radius 3 is 1.50 bits per heavy atom. The monoisotopic (exact) mass is 1850 g/mol. The number of hydrogen-bond acceptors (Lipinski definition) is 5. The van der Waals surface area contributed by atoms with E-state index in [1.54, 1.807) is 110 Å². The Kier molecular flexibility index (Phi) is 35.6. The molecule has 766 valence electrons. The summed E-state index contributed by atoms with van der Waals surface area (Å²) in [4.78, 5) is 35.9. The average molecular weight is 1850 g/mol. The minimum Gasteiger partial charge on any atom is -0.393 e. The van der Waals surface area contributed by atoms with Crippen molar-refractivity contribution in [2.75, 3.05) is 0 Å². The third-order valence-electron chi connectivity index (χ3n) is 50.0. The van der Waals surface area contributed by atoms with Crippen LogP contribution in [0.3, 0.4) is 0 Å². The van der Waals surface area contributed by atoms with Crippen LogP contribution >= 0.6 is 0 Å². The van der Waals surface area contributed by atoms with Crippen molar-refractivity contribution in [2.24, 2.45) is 220 Å². The van der Waals surface area contributed by atoms with E-state index in [1.165, 1.54) is 242 Å². The van der Waals surface area contributed by atoms with Gasteiger partial charge in [-0.1, -0.05) is 284 Å². The van der Waals surface area contributed by atoms with Crippen molar-refractivity contribution in [1.29, 1.82) is 0 Å². The van der Waals surface area contributed by atoms with Gasteiger partial charge in [-0.25, -0.2) is 0 Å². The molecule has 20 rings (SSSR count). The molecule has 12 unspecified atom stereocenters. The van der Waals surface area contributed by atoms with E-state index in [2.05, 4.69) is 145 Å². The van der Waals surface area contributed by atoms with Gasteiger partial charge in [-0.3, -0.25) is 14.4 Å². The maximum atomic E-state index is 12.1. The predicted octanol–water partition coefficient (Wildman–Crippen LogP) is 36.4. The molecule has 20 aliphatic carbocycles. The first-order chi connectivity index (χ1) is 63.9. The van der Waals surface area contributed by atoms with Crippen molar-refractivity contribution in [2.45, 2.75) is 549 Å². The fourth-order valence-corrected chi connectivity index (χ4v) is 41.7. The second kappa shape index (κ2) is 44.8. The molecular formula is C129H220O5. The molecule has 18 fully saturated rings. The summed E-state index contributed by atoms with van der Waals surface area (Å²) in [7, 11) is 0. The minimum absolute atomic E-state index is 0.200. The van der Waals surface area contributed by atoms with Gasteiger partial charge in [0.15, 0.2) is 5.78 Å². The van der Waals surface area contributed by atoms with Crippen LogP contribution in [0.5, 0.6) is 0 Å². The zero-order valence-electron chi connectivity index (χ0n) is 92.3. The van der Waals surface area contributed by atoms with Gasteiger partial charge < -0.3 is 10.2 Å². The number of ketones is 3. The molecule has 0 saturated heterocycles. The van der Waals surface area contributed by atoms with Crippen LogP contribution in [0.4, 0.5) is 0 Å². The maximum absolute atomic E-state index is 12.1. The van der Waals surface area contributed by atoms with Crippen molar-refractivity contribution in [3.63, 3.8) is 0 Å². The Labute approximate surface area is 829 Å². The molecule has 0 spiro atoms. The molecule has 134 heavy (non-hydrogen) atoms. The summed E-state index contributed by atoms with van der Waals surface area (Å²) in [5.74, 6) is 26.8. The SMILES string of the molecule is CC(=O)[C@H]1CC[C@@H]2[C@@H]1CC[C@H]1[C@H]2CCC2=CC(=O)CC[C@@]21C.CC(C)CCCCCC[C@@H](C)[C@H]1CCC2C3C(CC[C@@]21C)[C@@]1(C)CC[C@H](O)CC1=C[C@H]3O.CC(C)CCC[C@@H](C)C[C@H]1CCC2C3CC[C@H]4CC(=O)CC[C@]4(C)C3CC[C@@]21C.CCCC.CC[C@@H](C)CCC[C@@H](C)[C@H]1CCC2C3CC[C@H]4CCCC[C@]4(C)C3CC[C@@]21C.C[C@@]12CCCC1C1CC[C@@H]3CCCC[C@]3(C)C1CC2. The molecule has 0 aliphatic heterocycles. The lowest BCUT2D eigenvalue weighted by Crippen LogP contribution is -2.54. The number of aliphatic hydroxyl groups excluding tert-OH is 2. The third-order valence-corrected chi connectivity index (χ3v) is 50.0. The summed E-state index contributed by atoms with van der Waals surface area (Å²) in [6.07, 6.45) is 87.8. The van der Waals surface area contributed by atoms with E-state index in [9.17, 15) is 24.6 Å². The number of Topliss-reactive ketones (excluding diaryl/α,β-unsaturated/α-hetero) is 2. The molecule has 0 aromatic heterocycles. The van der Waals surface area contributed by atoms with E-state index in [1.807, 2.05) is 6.08 Å². The average Bonchev–Trinajstić information content (AvgIpc) is 1.47. The van der Waals surface area contributed by atoms with Gasteiger partial charge in [0, 0.05) is 25.2 Å². The molecule has 5 heteroatoms. The van der Waals surface area contributed by atoms with E-state index >= 15 is 0 Å². The number of carbonyl (C=O) groups excluding carboxylic acids is 3. The molecule has 20 aliphatic rings. The van der Waals surface area contributed by atoms with Crippen molar-refractivity contribution < 1.29 is 24.6 Å². The Morgan fingerprint density at radius 1 is 0.366 bits per heavy atom. The summed E-state index contributed by atoms with van der Waals surface area (Å²) < 4.78 is 0. The lowest BCUT2D eigenvalue weighted by atomic mass is 9.44. The molecule has 38 atom stereocenters. The Hall–Kier alpha value is -1.59. The highest BCUT2D eigenvalue weighted by molar-refractivity contribution is 5.91. The first-order valence-electron chi connectivity index (χ1n) is 61.2. The van der Waals surface area contributed by atoms with E-state index < -0.39 is 0 Å². The van der Waals surface area contributed by atoms with Crippen LogP contribution in [0.1, 0.15) is 537 Å². The highest BCUT2D eigenvalue weighted by atomic mass is 16.3. The maximum Gasteiger partial charge on any atom is 0.155 e. The van der Waals surface area contributed by atoms with Gasteiger partial charge in [0.25, 0.3) is 0 Å². The van der Waals surface area contributed by atoms with Crippen LogP contribution in [0.2, 0.25) is 0 Å². The standard InChI is InChI=1S/C30H52O2.C28H48O.C28H50.C20H28O2.C19H32.C4H10/c1-20(2)10-8-6-7-9-11-21(3)24-12-13-25-28-26(15-17-30(24,25)5)29(4)16-14-23(31)18-22(29)19-27(28)32;1-19(2)7-6-8-20(3)17-21-10-12-25-24-11-9-22-18-23(29)13-15-27(22,4)26(24)14-16-28(21,25)5;1-6-20(2)10-9-11-21(3)24-15-16-25-23-14-13-22-12-7-8-18-27(22,4)26(23)17-19-28(24,25)5;1-12(21)15-5-6-17-16(15)7-8-19-18(17)4-3-13-11-14(22)9-10-20(13,19)2;1-18-11-5-7-16(18)15-9-8-14-6-3-4-12-19(14,2)17(15)10-13-18;1-3-4-2/h19-21,23-28,31-32H,6-18H2,1-5H3;19-22,24-26H,6-18H2,1-5H3;20-26H,6-19H2,1-5H3;11,15-19H,3-10H2,1-2H3;14-17H,3-13H2,1-2H3;3-4H2,1-2H3/t21-,23+,24-,25?,26?,27-,28?,29+,30-;20-,21-,22+,24?,25?,26?,27+,28-;20-,21-,22-,23?,24-,25?,26?,27+,28-;15-,16-,17-,18+,19+,20+;14-,15?,16?,17?,18-,19-;/m11110./s1. The van der Waals surface area contributed by atoms with Crippen molar-refractivity contribution in [3.8, 4) is 0 Å². The zero-order valence-corrected chi connectivity index (χ0v) is 92.3.